The van der Waals surface area contributed by atoms with Crippen LogP contribution in [0.15, 0.2) is 42.7 Å². The van der Waals surface area contributed by atoms with Gasteiger partial charge in [-0.15, -0.1) is 0 Å². The summed E-state index contributed by atoms with van der Waals surface area (Å²) in [5.41, 5.74) is 0.906. The van der Waals surface area contributed by atoms with Gasteiger partial charge in [0.05, 0.1) is 28.3 Å². The molecule has 1 N–H and O–H groups in total. The predicted molar refractivity (Wildman–Crippen MR) is 109 cm³/mol. The molecule has 1 fully saturated rings. The number of pyridine rings is 1. The Bertz CT molecular complexity index is 1040. The van der Waals surface area contributed by atoms with Crippen LogP contribution in [0.25, 0.3) is 10.9 Å². The zero-order valence-electron chi connectivity index (χ0n) is 15.5. The summed E-state index contributed by atoms with van der Waals surface area (Å²) in [6, 6.07) is 8.11. The SMILES string of the molecule is O=C(Nc1ccc(Cl)cn1)C1CCN(Cn2ncc3cc([N+](=O)[O-])ccc32)CC1. The second-order valence-electron chi connectivity index (χ2n) is 7.03. The number of piperidine rings is 1. The van der Waals surface area contributed by atoms with Gasteiger partial charge in [0.2, 0.25) is 5.91 Å². The number of nitrogens with one attached hydrogen (secondary N) is 1. The number of carbonyl (C=O) groups excluding carboxylic acids is 1. The van der Waals surface area contributed by atoms with Gasteiger partial charge >= 0.3 is 0 Å². The number of carbonyl (C=O) groups is 1. The summed E-state index contributed by atoms with van der Waals surface area (Å²) in [5, 5.41) is 19.4. The number of non-ortho nitro benzene ring substituents is 1. The van der Waals surface area contributed by atoms with Crippen LogP contribution in [0.2, 0.25) is 5.02 Å². The summed E-state index contributed by atoms with van der Waals surface area (Å²) >= 11 is 5.81. The molecule has 29 heavy (non-hydrogen) atoms. The summed E-state index contributed by atoms with van der Waals surface area (Å²) in [7, 11) is 0. The first-order valence-electron chi connectivity index (χ1n) is 9.24. The number of aromatic nitrogens is 3. The Balaban J connectivity index is 1.34. The predicted octanol–water partition coefficient (Wildman–Crippen LogP) is 3.30. The van der Waals surface area contributed by atoms with Crippen LogP contribution in [0.1, 0.15) is 12.8 Å². The Morgan fingerprint density at radius 3 is 2.72 bits per heavy atom. The van der Waals surface area contributed by atoms with Crippen molar-refractivity contribution >= 4 is 39.9 Å². The smallest absolute Gasteiger partial charge is 0.270 e. The number of nitro benzene ring substituents is 1. The van der Waals surface area contributed by atoms with Crippen molar-refractivity contribution < 1.29 is 9.72 Å². The van der Waals surface area contributed by atoms with Crippen molar-refractivity contribution in [3.05, 3.63) is 57.9 Å². The van der Waals surface area contributed by atoms with Crippen molar-refractivity contribution in [1.82, 2.24) is 19.7 Å². The molecule has 1 aliphatic rings. The fourth-order valence-electron chi connectivity index (χ4n) is 3.50. The van der Waals surface area contributed by atoms with E-state index in [4.69, 9.17) is 11.6 Å². The van der Waals surface area contributed by atoms with Crippen molar-refractivity contribution in [2.24, 2.45) is 5.92 Å². The van der Waals surface area contributed by atoms with E-state index < -0.39 is 4.92 Å². The molecule has 10 heteroatoms. The van der Waals surface area contributed by atoms with E-state index in [1.807, 2.05) is 4.68 Å². The summed E-state index contributed by atoms with van der Waals surface area (Å²) in [6.45, 7) is 2.11. The molecule has 1 saturated heterocycles. The van der Waals surface area contributed by atoms with Crippen molar-refractivity contribution in [3.8, 4) is 0 Å². The first kappa shape index (κ1) is 19.3. The maximum Gasteiger partial charge on any atom is 0.270 e. The van der Waals surface area contributed by atoms with Crippen LogP contribution >= 0.6 is 11.6 Å². The van der Waals surface area contributed by atoms with E-state index in [0.29, 0.717) is 17.5 Å². The van der Waals surface area contributed by atoms with E-state index in [1.54, 1.807) is 24.4 Å². The molecule has 0 atom stereocenters. The van der Waals surface area contributed by atoms with Gasteiger partial charge in [-0.2, -0.15) is 5.10 Å². The number of rotatable bonds is 5. The molecule has 1 aromatic carbocycles. The molecule has 3 heterocycles. The molecule has 0 radical (unpaired) electrons. The highest BCUT2D eigenvalue weighted by atomic mass is 35.5. The average molecular weight is 415 g/mol. The molecule has 4 rings (SSSR count). The number of nitrogens with zero attached hydrogens (tertiary/aromatic N) is 5. The minimum absolute atomic E-state index is 0.0312. The Kier molecular flexibility index (Phi) is 5.41. The lowest BCUT2D eigenvalue weighted by Crippen LogP contribution is -2.39. The highest BCUT2D eigenvalue weighted by Gasteiger charge is 2.25. The number of hydrogen-bond acceptors (Lipinski definition) is 6. The molecule has 0 aliphatic carbocycles. The molecular weight excluding hydrogens is 396 g/mol. The molecule has 0 saturated carbocycles. The third kappa shape index (κ3) is 4.36. The van der Waals surface area contributed by atoms with E-state index in [-0.39, 0.29) is 17.5 Å². The largest absolute Gasteiger partial charge is 0.310 e. The monoisotopic (exact) mass is 414 g/mol. The zero-order valence-corrected chi connectivity index (χ0v) is 16.2. The number of fused-ring (bicyclic) bond motifs is 1. The van der Waals surface area contributed by atoms with Gasteiger partial charge in [-0.05, 0) is 31.0 Å². The fourth-order valence-corrected chi connectivity index (χ4v) is 3.62. The van der Waals surface area contributed by atoms with Gasteiger partial charge in [0, 0.05) is 42.7 Å². The third-order valence-corrected chi connectivity index (χ3v) is 5.33. The average Bonchev–Trinajstić information content (AvgIpc) is 3.12. The minimum Gasteiger partial charge on any atom is -0.310 e. The Morgan fingerprint density at radius 2 is 2.03 bits per heavy atom. The van der Waals surface area contributed by atoms with Gasteiger partial charge in [0.25, 0.3) is 5.69 Å². The molecule has 0 spiro atoms. The minimum atomic E-state index is -0.411. The number of amides is 1. The Labute approximate surface area is 171 Å². The summed E-state index contributed by atoms with van der Waals surface area (Å²) in [6.07, 6.45) is 4.62. The first-order valence-corrected chi connectivity index (χ1v) is 9.62. The highest BCUT2D eigenvalue weighted by Crippen LogP contribution is 2.23. The van der Waals surface area contributed by atoms with Crippen LogP contribution in [0.4, 0.5) is 11.5 Å². The molecule has 1 aliphatic heterocycles. The maximum absolute atomic E-state index is 12.5. The van der Waals surface area contributed by atoms with Crippen LogP contribution in [-0.2, 0) is 11.5 Å². The van der Waals surface area contributed by atoms with Gasteiger partial charge in [0.15, 0.2) is 0 Å². The second-order valence-corrected chi connectivity index (χ2v) is 7.47. The highest BCUT2D eigenvalue weighted by molar-refractivity contribution is 6.30. The van der Waals surface area contributed by atoms with E-state index in [2.05, 4.69) is 20.3 Å². The van der Waals surface area contributed by atoms with Gasteiger partial charge in [-0.25, -0.2) is 4.98 Å². The number of hydrogen-bond donors (Lipinski definition) is 1. The van der Waals surface area contributed by atoms with Crippen LogP contribution in [-0.4, -0.2) is 43.6 Å². The molecule has 9 nitrogen and oxygen atoms in total. The van der Waals surface area contributed by atoms with Crippen molar-refractivity contribution in [3.63, 3.8) is 0 Å². The molecular formula is C19H19ClN6O3. The van der Waals surface area contributed by atoms with Crippen LogP contribution in [0.5, 0.6) is 0 Å². The maximum atomic E-state index is 12.5. The number of halogens is 1. The van der Waals surface area contributed by atoms with E-state index >= 15 is 0 Å². The number of anilines is 1. The van der Waals surface area contributed by atoms with E-state index in [1.165, 1.54) is 18.3 Å². The van der Waals surface area contributed by atoms with Crippen molar-refractivity contribution in [2.75, 3.05) is 18.4 Å². The summed E-state index contributed by atoms with van der Waals surface area (Å²) in [4.78, 5) is 29.3. The van der Waals surface area contributed by atoms with Crippen LogP contribution in [0.3, 0.4) is 0 Å². The van der Waals surface area contributed by atoms with Gasteiger partial charge in [-0.3, -0.25) is 24.5 Å². The summed E-state index contributed by atoms with van der Waals surface area (Å²) in [5.74, 6) is 0.399. The molecule has 2 aromatic heterocycles. The molecule has 1 amide bonds. The summed E-state index contributed by atoms with van der Waals surface area (Å²) < 4.78 is 1.83. The second kappa shape index (κ2) is 8.14. The van der Waals surface area contributed by atoms with Gasteiger partial charge in [-0.1, -0.05) is 11.6 Å². The van der Waals surface area contributed by atoms with Gasteiger partial charge in [0.1, 0.15) is 5.82 Å². The lowest BCUT2D eigenvalue weighted by molar-refractivity contribution is -0.384. The topological polar surface area (TPSA) is 106 Å². The Hall–Kier alpha value is -3.04. The molecule has 0 bridgehead atoms. The van der Waals surface area contributed by atoms with Crippen LogP contribution in [0, 0.1) is 16.0 Å². The lowest BCUT2D eigenvalue weighted by atomic mass is 9.96. The Morgan fingerprint density at radius 1 is 1.24 bits per heavy atom. The normalized spacial score (nSPS) is 15.5. The number of nitro groups is 1. The standard InChI is InChI=1S/C19H19ClN6O3/c20-15-1-4-18(21-11-15)23-19(27)13-5-7-24(8-6-13)12-25-17-3-2-16(26(28)29)9-14(17)10-22-25/h1-4,9-11,13H,5-8,12H2,(H,21,23,27). The molecule has 3 aromatic rings. The van der Waals surface area contributed by atoms with E-state index in [0.717, 1.165) is 36.8 Å². The quantitative estimate of drug-likeness (QED) is 0.507. The van der Waals surface area contributed by atoms with E-state index in [9.17, 15) is 14.9 Å². The third-order valence-electron chi connectivity index (χ3n) is 5.11. The van der Waals surface area contributed by atoms with Crippen molar-refractivity contribution in [2.45, 2.75) is 19.5 Å². The number of benzene rings is 1. The van der Waals surface area contributed by atoms with Crippen molar-refractivity contribution in [1.29, 1.82) is 0 Å². The first-order chi connectivity index (χ1) is 14.0. The number of likely N-dealkylation sites (tertiary alicyclic amines) is 1. The lowest BCUT2D eigenvalue weighted by Gasteiger charge is -2.31. The molecule has 150 valence electrons. The zero-order chi connectivity index (χ0) is 20.4. The van der Waals surface area contributed by atoms with Crippen LogP contribution < -0.4 is 5.32 Å². The van der Waals surface area contributed by atoms with Gasteiger partial charge < -0.3 is 5.32 Å². The fraction of sp³-hybridized carbons (Fsp3) is 0.316. The molecule has 0 unspecified atom stereocenters.